The van der Waals surface area contributed by atoms with Gasteiger partial charge in [0.1, 0.15) is 0 Å². The lowest BCUT2D eigenvalue weighted by Gasteiger charge is -2.41. The number of fused-ring (bicyclic) bond motifs is 1. The normalized spacial score (nSPS) is 19.1. The van der Waals surface area contributed by atoms with Gasteiger partial charge in [-0.05, 0) is 31.0 Å². The number of Topliss-reactive ketones (excluding diaryl/α,β-unsaturated/α-hetero) is 1. The molecule has 1 aliphatic rings. The molecule has 2 aromatic carbocycles. The monoisotopic (exact) mass is 566 g/mol. The number of ketones is 1. The summed E-state index contributed by atoms with van der Waals surface area (Å²) in [5, 5.41) is 6.74. The summed E-state index contributed by atoms with van der Waals surface area (Å²) in [5.41, 5.74) is -2.48. The number of thiazole rings is 1. The van der Waals surface area contributed by atoms with Crippen LogP contribution in [0.2, 0.25) is 0 Å². The van der Waals surface area contributed by atoms with E-state index in [0.29, 0.717) is 24.8 Å². The number of aromatic nitrogens is 2. The number of para-hydroxylation sites is 1. The fraction of sp³-hybridized carbons (Fsp3) is 0.333. The van der Waals surface area contributed by atoms with Gasteiger partial charge in [0.15, 0.2) is 5.78 Å². The molecule has 0 bridgehead atoms. The fourth-order valence-electron chi connectivity index (χ4n) is 5.29. The first-order valence-corrected chi connectivity index (χ1v) is 13.1. The predicted octanol–water partition coefficient (Wildman–Crippen LogP) is 6.24. The van der Waals surface area contributed by atoms with Gasteiger partial charge in [-0.3, -0.25) is 9.69 Å². The van der Waals surface area contributed by atoms with Crippen molar-refractivity contribution in [2.75, 3.05) is 13.1 Å². The Bertz CT molecular complexity index is 1490. The molecule has 2 N–H and O–H groups in total. The van der Waals surface area contributed by atoms with Crippen molar-refractivity contribution < 1.29 is 31.1 Å². The molecule has 1 aliphatic heterocycles. The minimum absolute atomic E-state index is 0.174. The highest BCUT2D eigenvalue weighted by Crippen LogP contribution is 2.43. The second kappa shape index (κ2) is 10.4. The summed E-state index contributed by atoms with van der Waals surface area (Å²) in [4.78, 5) is 23.3. The molecule has 4 aromatic rings. The molecule has 206 valence electrons. The summed E-state index contributed by atoms with van der Waals surface area (Å²) in [7, 11) is 0. The van der Waals surface area contributed by atoms with E-state index >= 15 is 0 Å². The molecular weight excluding hydrogens is 542 g/mol. The summed E-state index contributed by atoms with van der Waals surface area (Å²) < 4.78 is 83.3. The van der Waals surface area contributed by atoms with E-state index in [2.05, 4.69) is 15.3 Å². The maximum absolute atomic E-state index is 14.1. The third-order valence-electron chi connectivity index (χ3n) is 6.91. The van der Waals surface area contributed by atoms with Crippen molar-refractivity contribution in [2.24, 2.45) is 0 Å². The molecule has 12 heteroatoms. The number of nitrogens with one attached hydrogen (secondary N) is 2. The molecule has 1 saturated heterocycles. The summed E-state index contributed by atoms with van der Waals surface area (Å²) >= 11 is 1.40. The molecule has 0 amide bonds. The molecule has 2 unspecified atom stereocenters. The Balaban J connectivity index is 1.59. The summed E-state index contributed by atoms with van der Waals surface area (Å²) in [5.74, 6) is -1.02. The molecule has 0 saturated carbocycles. The van der Waals surface area contributed by atoms with Crippen molar-refractivity contribution in [3.05, 3.63) is 87.0 Å². The molecule has 2 atom stereocenters. The maximum Gasteiger partial charge on any atom is 0.417 e. The number of halogens is 6. The number of H-pyrrole nitrogens is 1. The van der Waals surface area contributed by atoms with Crippen LogP contribution in [-0.4, -0.2) is 45.8 Å². The largest absolute Gasteiger partial charge is 0.417 e. The van der Waals surface area contributed by atoms with E-state index in [4.69, 9.17) is 0 Å². The van der Waals surface area contributed by atoms with E-state index in [9.17, 15) is 31.1 Å². The first kappa shape index (κ1) is 27.4. The SMILES string of the molecule is Cc1nc(CN2CCNC(Cc3c[nH]c4ccccc34)C2C(=O)c2cccc(C(F)(F)F)c2C(F)(F)F)cs1. The average Bonchev–Trinajstić information content (AvgIpc) is 3.48. The first-order valence-electron chi connectivity index (χ1n) is 12.2. The minimum atomic E-state index is -5.39. The zero-order chi connectivity index (χ0) is 27.9. The van der Waals surface area contributed by atoms with Gasteiger partial charge in [-0.25, -0.2) is 4.98 Å². The number of carbonyl (C=O) groups excluding carboxylic acids is 1. The van der Waals surface area contributed by atoms with Crippen LogP contribution in [0.3, 0.4) is 0 Å². The number of hydrogen-bond donors (Lipinski definition) is 2. The van der Waals surface area contributed by atoms with Crippen LogP contribution in [0.4, 0.5) is 26.3 Å². The molecule has 3 heterocycles. The van der Waals surface area contributed by atoms with Crippen LogP contribution < -0.4 is 5.32 Å². The molecular formula is C27H24F6N4OS. The van der Waals surface area contributed by atoms with Crippen molar-refractivity contribution in [2.45, 2.75) is 44.3 Å². The number of hydrogen-bond acceptors (Lipinski definition) is 5. The minimum Gasteiger partial charge on any atom is -0.361 e. The van der Waals surface area contributed by atoms with Gasteiger partial charge in [-0.1, -0.05) is 30.3 Å². The predicted molar refractivity (Wildman–Crippen MR) is 136 cm³/mol. The zero-order valence-electron chi connectivity index (χ0n) is 20.7. The Hall–Kier alpha value is -3.22. The average molecular weight is 567 g/mol. The van der Waals surface area contributed by atoms with Gasteiger partial charge < -0.3 is 10.3 Å². The van der Waals surface area contributed by atoms with E-state index in [0.717, 1.165) is 33.6 Å². The first-order chi connectivity index (χ1) is 18.4. The highest BCUT2D eigenvalue weighted by Gasteiger charge is 2.48. The molecule has 2 aromatic heterocycles. The van der Waals surface area contributed by atoms with Crippen LogP contribution in [0.25, 0.3) is 10.9 Å². The van der Waals surface area contributed by atoms with Crippen molar-refractivity contribution in [1.82, 2.24) is 20.2 Å². The Labute approximate surface area is 223 Å². The topological polar surface area (TPSA) is 61.0 Å². The van der Waals surface area contributed by atoms with Crippen LogP contribution in [0.15, 0.2) is 54.0 Å². The van der Waals surface area contributed by atoms with Crippen LogP contribution in [0, 0.1) is 6.92 Å². The fourth-order valence-corrected chi connectivity index (χ4v) is 5.90. The van der Waals surface area contributed by atoms with Gasteiger partial charge in [0.2, 0.25) is 0 Å². The zero-order valence-corrected chi connectivity index (χ0v) is 21.5. The standard InChI is InChI=1S/C27H24F6N4OS/c1-15-36-17(14-39-15)13-37-10-9-34-22(11-16-12-35-21-8-3-2-5-18(16)21)24(37)25(38)19-6-4-7-20(26(28,29)30)23(19)27(31,32)33/h2-8,12,14,22,24,34-35H,9-11,13H2,1H3. The molecule has 5 nitrogen and oxygen atoms in total. The number of piperazine rings is 1. The quantitative estimate of drug-likeness (QED) is 0.214. The Morgan fingerprint density at radius 2 is 1.85 bits per heavy atom. The van der Waals surface area contributed by atoms with Gasteiger partial charge in [0.25, 0.3) is 0 Å². The second-order valence-electron chi connectivity index (χ2n) is 9.49. The van der Waals surface area contributed by atoms with Crippen molar-refractivity contribution in [1.29, 1.82) is 0 Å². The van der Waals surface area contributed by atoms with Crippen molar-refractivity contribution in [3.63, 3.8) is 0 Å². The molecule has 39 heavy (non-hydrogen) atoms. The number of rotatable bonds is 6. The lowest BCUT2D eigenvalue weighted by molar-refractivity contribution is -0.162. The van der Waals surface area contributed by atoms with E-state index in [1.54, 1.807) is 16.5 Å². The summed E-state index contributed by atoms with van der Waals surface area (Å²) in [6.07, 6.45) is -8.62. The van der Waals surface area contributed by atoms with Gasteiger partial charge in [0.05, 0.1) is 27.9 Å². The van der Waals surface area contributed by atoms with Crippen LogP contribution in [-0.2, 0) is 25.3 Å². The van der Waals surface area contributed by atoms with Gasteiger partial charge in [0, 0.05) is 53.7 Å². The number of aromatic amines is 1. The van der Waals surface area contributed by atoms with E-state index in [1.807, 2.05) is 31.2 Å². The third kappa shape index (κ3) is 5.59. The lowest BCUT2D eigenvalue weighted by atomic mass is 9.87. The van der Waals surface area contributed by atoms with Crippen molar-refractivity contribution in [3.8, 4) is 0 Å². The number of carbonyl (C=O) groups is 1. The van der Waals surface area contributed by atoms with Crippen LogP contribution in [0.5, 0.6) is 0 Å². The Morgan fingerprint density at radius 1 is 1.08 bits per heavy atom. The molecule has 0 spiro atoms. The molecule has 0 radical (unpaired) electrons. The number of aryl methyl sites for hydroxylation is 1. The molecule has 5 rings (SSSR count). The number of nitrogens with zero attached hydrogens (tertiary/aromatic N) is 2. The highest BCUT2D eigenvalue weighted by molar-refractivity contribution is 7.09. The molecule has 1 fully saturated rings. The number of benzene rings is 2. The van der Waals surface area contributed by atoms with Gasteiger partial charge in [-0.15, -0.1) is 11.3 Å². The maximum atomic E-state index is 14.1. The van der Waals surface area contributed by atoms with Crippen molar-refractivity contribution >= 4 is 28.0 Å². The number of alkyl halides is 6. The smallest absolute Gasteiger partial charge is 0.361 e. The van der Waals surface area contributed by atoms with Gasteiger partial charge in [-0.2, -0.15) is 26.3 Å². The van der Waals surface area contributed by atoms with E-state index in [-0.39, 0.29) is 13.0 Å². The van der Waals surface area contributed by atoms with Gasteiger partial charge >= 0.3 is 12.4 Å². The van der Waals surface area contributed by atoms with Crippen LogP contribution in [0.1, 0.15) is 37.7 Å². The molecule has 0 aliphatic carbocycles. The lowest BCUT2D eigenvalue weighted by Crippen LogP contribution is -2.61. The summed E-state index contributed by atoms with van der Waals surface area (Å²) in [6, 6.07) is 7.70. The van der Waals surface area contributed by atoms with E-state index < -0.39 is 46.9 Å². The highest BCUT2D eigenvalue weighted by atomic mass is 32.1. The van der Waals surface area contributed by atoms with Crippen LogP contribution >= 0.6 is 11.3 Å². The summed E-state index contributed by atoms with van der Waals surface area (Å²) in [6.45, 7) is 2.73. The van der Waals surface area contributed by atoms with E-state index in [1.165, 1.54) is 11.3 Å². The Morgan fingerprint density at radius 3 is 2.54 bits per heavy atom. The Kier molecular flexibility index (Phi) is 7.29. The second-order valence-corrected chi connectivity index (χ2v) is 10.5. The third-order valence-corrected chi connectivity index (χ3v) is 7.74.